The van der Waals surface area contributed by atoms with E-state index < -0.39 is 6.10 Å². The van der Waals surface area contributed by atoms with E-state index in [-0.39, 0.29) is 0 Å². The number of hydrogen-bond acceptors (Lipinski definition) is 1. The fourth-order valence-electron chi connectivity index (χ4n) is 2.40. The molecule has 0 saturated carbocycles. The van der Waals surface area contributed by atoms with Crippen molar-refractivity contribution in [2.75, 3.05) is 0 Å². The highest BCUT2D eigenvalue weighted by Gasteiger charge is 2.12. The monoisotopic (exact) mass is 254 g/mol. The van der Waals surface area contributed by atoms with Gasteiger partial charge in [-0.1, -0.05) is 36.4 Å². The molecule has 0 amide bonds. The summed E-state index contributed by atoms with van der Waals surface area (Å²) in [6, 6.07) is 12.5. The molecule has 2 aromatic rings. The van der Waals surface area contributed by atoms with Crippen LogP contribution < -0.4 is 0 Å². The van der Waals surface area contributed by atoms with E-state index in [0.29, 0.717) is 6.42 Å². The molecule has 1 unspecified atom stereocenters. The smallest absolute Gasteiger partial charge is 0.0833 e. The minimum atomic E-state index is -0.429. The lowest BCUT2D eigenvalue weighted by atomic mass is 9.94. The van der Waals surface area contributed by atoms with Crippen LogP contribution in [0.3, 0.4) is 0 Å². The van der Waals surface area contributed by atoms with E-state index in [1.165, 1.54) is 27.8 Å². The van der Waals surface area contributed by atoms with Crippen molar-refractivity contribution in [3.8, 4) is 0 Å². The van der Waals surface area contributed by atoms with E-state index in [1.54, 1.807) is 0 Å². The van der Waals surface area contributed by atoms with E-state index in [2.05, 4.69) is 52.0 Å². The van der Waals surface area contributed by atoms with Gasteiger partial charge in [0.15, 0.2) is 0 Å². The second-order valence-corrected chi connectivity index (χ2v) is 5.43. The molecule has 0 aliphatic heterocycles. The highest BCUT2D eigenvalue weighted by molar-refractivity contribution is 5.36. The Hall–Kier alpha value is -1.60. The van der Waals surface area contributed by atoms with Crippen LogP contribution in [0.2, 0.25) is 0 Å². The van der Waals surface area contributed by atoms with Gasteiger partial charge in [0.05, 0.1) is 6.10 Å². The minimum Gasteiger partial charge on any atom is -0.388 e. The Balaban J connectivity index is 2.23. The first kappa shape index (κ1) is 13.8. The number of rotatable bonds is 3. The average Bonchev–Trinajstić information content (AvgIpc) is 2.37. The van der Waals surface area contributed by atoms with Crippen molar-refractivity contribution in [3.05, 3.63) is 69.8 Å². The molecule has 100 valence electrons. The molecule has 1 nitrogen and oxygen atoms in total. The summed E-state index contributed by atoms with van der Waals surface area (Å²) in [7, 11) is 0. The predicted molar refractivity (Wildman–Crippen MR) is 80.5 cm³/mol. The normalized spacial score (nSPS) is 12.5. The van der Waals surface area contributed by atoms with Crippen molar-refractivity contribution in [1.82, 2.24) is 0 Å². The molecule has 0 heterocycles. The molecule has 0 aliphatic rings. The number of aliphatic hydroxyl groups is 1. The van der Waals surface area contributed by atoms with Crippen LogP contribution in [0.5, 0.6) is 0 Å². The zero-order chi connectivity index (χ0) is 14.0. The first-order valence-electron chi connectivity index (χ1n) is 6.79. The van der Waals surface area contributed by atoms with Gasteiger partial charge in [-0.25, -0.2) is 0 Å². The summed E-state index contributed by atoms with van der Waals surface area (Å²) in [4.78, 5) is 0. The van der Waals surface area contributed by atoms with Gasteiger partial charge in [-0.05, 0) is 61.1 Å². The largest absolute Gasteiger partial charge is 0.388 e. The third kappa shape index (κ3) is 3.05. The molecule has 0 aliphatic carbocycles. The third-order valence-corrected chi connectivity index (χ3v) is 4.01. The Morgan fingerprint density at radius 2 is 1.63 bits per heavy atom. The molecular weight excluding hydrogens is 232 g/mol. The van der Waals surface area contributed by atoms with Crippen LogP contribution in [0.15, 0.2) is 36.4 Å². The molecule has 19 heavy (non-hydrogen) atoms. The average molecular weight is 254 g/mol. The van der Waals surface area contributed by atoms with Crippen LogP contribution in [0.25, 0.3) is 0 Å². The van der Waals surface area contributed by atoms with Crippen molar-refractivity contribution in [3.63, 3.8) is 0 Å². The van der Waals surface area contributed by atoms with Crippen molar-refractivity contribution in [2.45, 2.75) is 40.2 Å². The van der Waals surface area contributed by atoms with Gasteiger partial charge in [0.25, 0.3) is 0 Å². The minimum absolute atomic E-state index is 0.429. The zero-order valence-corrected chi connectivity index (χ0v) is 12.2. The number of aliphatic hydroxyl groups excluding tert-OH is 1. The molecule has 0 radical (unpaired) electrons. The van der Waals surface area contributed by atoms with Gasteiger partial charge in [0.2, 0.25) is 0 Å². The lowest BCUT2D eigenvalue weighted by Gasteiger charge is -2.16. The summed E-state index contributed by atoms with van der Waals surface area (Å²) >= 11 is 0. The maximum absolute atomic E-state index is 10.4. The van der Waals surface area contributed by atoms with Crippen LogP contribution in [-0.2, 0) is 6.42 Å². The summed E-state index contributed by atoms with van der Waals surface area (Å²) in [6.45, 7) is 8.39. The Morgan fingerprint density at radius 1 is 0.895 bits per heavy atom. The van der Waals surface area contributed by atoms with Gasteiger partial charge in [-0.15, -0.1) is 0 Å². The molecule has 0 fully saturated rings. The Bertz CT molecular complexity index is 584. The van der Waals surface area contributed by atoms with Crippen molar-refractivity contribution >= 4 is 0 Å². The maximum Gasteiger partial charge on any atom is 0.0833 e. The first-order chi connectivity index (χ1) is 8.99. The van der Waals surface area contributed by atoms with Crippen LogP contribution in [-0.4, -0.2) is 5.11 Å². The van der Waals surface area contributed by atoms with Gasteiger partial charge in [0, 0.05) is 6.42 Å². The van der Waals surface area contributed by atoms with Gasteiger partial charge in [0.1, 0.15) is 0 Å². The topological polar surface area (TPSA) is 20.2 Å². The quantitative estimate of drug-likeness (QED) is 0.870. The molecule has 0 aromatic heterocycles. The van der Waals surface area contributed by atoms with Gasteiger partial charge >= 0.3 is 0 Å². The maximum atomic E-state index is 10.4. The molecule has 1 N–H and O–H groups in total. The highest BCUT2D eigenvalue weighted by Crippen LogP contribution is 2.24. The fourth-order valence-corrected chi connectivity index (χ4v) is 2.40. The summed E-state index contributed by atoms with van der Waals surface area (Å²) in [5.74, 6) is 0. The highest BCUT2D eigenvalue weighted by atomic mass is 16.3. The molecular formula is C18H22O. The lowest BCUT2D eigenvalue weighted by molar-refractivity contribution is 0.177. The van der Waals surface area contributed by atoms with Crippen molar-refractivity contribution in [2.24, 2.45) is 0 Å². The van der Waals surface area contributed by atoms with E-state index in [4.69, 9.17) is 0 Å². The lowest BCUT2D eigenvalue weighted by Crippen LogP contribution is -2.05. The van der Waals surface area contributed by atoms with Gasteiger partial charge in [-0.3, -0.25) is 0 Å². The Kier molecular flexibility index (Phi) is 4.06. The van der Waals surface area contributed by atoms with Gasteiger partial charge in [-0.2, -0.15) is 0 Å². The molecule has 2 aromatic carbocycles. The zero-order valence-electron chi connectivity index (χ0n) is 12.2. The molecule has 0 saturated heterocycles. The van der Waals surface area contributed by atoms with Crippen molar-refractivity contribution in [1.29, 1.82) is 0 Å². The summed E-state index contributed by atoms with van der Waals surface area (Å²) in [5, 5.41) is 10.4. The van der Waals surface area contributed by atoms with E-state index in [1.807, 2.05) is 12.1 Å². The molecule has 0 bridgehead atoms. The predicted octanol–water partition coefficient (Wildman–Crippen LogP) is 4.20. The molecule has 0 spiro atoms. The second kappa shape index (κ2) is 5.58. The van der Waals surface area contributed by atoms with Crippen LogP contribution >= 0.6 is 0 Å². The van der Waals surface area contributed by atoms with Crippen molar-refractivity contribution < 1.29 is 5.11 Å². The Morgan fingerprint density at radius 3 is 2.32 bits per heavy atom. The van der Waals surface area contributed by atoms with Crippen LogP contribution in [0, 0.1) is 27.7 Å². The first-order valence-corrected chi connectivity index (χ1v) is 6.79. The van der Waals surface area contributed by atoms with E-state index in [9.17, 15) is 5.11 Å². The van der Waals surface area contributed by atoms with E-state index >= 15 is 0 Å². The molecule has 1 atom stereocenters. The SMILES string of the molecule is Cc1ccc(CC(O)c2cccc(C)c2C)cc1C. The summed E-state index contributed by atoms with van der Waals surface area (Å²) in [5.41, 5.74) is 7.24. The van der Waals surface area contributed by atoms with E-state index in [0.717, 1.165) is 5.56 Å². The van der Waals surface area contributed by atoms with Crippen LogP contribution in [0.4, 0.5) is 0 Å². The number of aryl methyl sites for hydroxylation is 3. The fraction of sp³-hybridized carbons (Fsp3) is 0.333. The third-order valence-electron chi connectivity index (χ3n) is 4.01. The summed E-state index contributed by atoms with van der Waals surface area (Å²) < 4.78 is 0. The summed E-state index contributed by atoms with van der Waals surface area (Å²) in [6.07, 6.45) is 0.243. The molecule has 2 rings (SSSR count). The standard InChI is InChI=1S/C18H22O/c1-12-8-9-16(10-14(12)3)11-18(19)17-7-5-6-13(2)15(17)4/h5-10,18-19H,11H2,1-4H3. The van der Waals surface area contributed by atoms with Crippen LogP contribution in [0.1, 0.15) is 39.5 Å². The van der Waals surface area contributed by atoms with Gasteiger partial charge < -0.3 is 5.11 Å². The second-order valence-electron chi connectivity index (χ2n) is 5.43. The Labute approximate surface area is 115 Å². The molecule has 1 heteroatoms. The number of benzene rings is 2. The number of hydrogen-bond donors (Lipinski definition) is 1.